The van der Waals surface area contributed by atoms with Gasteiger partial charge in [0.2, 0.25) is 11.8 Å². The summed E-state index contributed by atoms with van der Waals surface area (Å²) >= 11 is 0. The first-order valence-corrected chi connectivity index (χ1v) is 6.57. The van der Waals surface area contributed by atoms with Crippen molar-refractivity contribution >= 4 is 12.1 Å². The summed E-state index contributed by atoms with van der Waals surface area (Å²) in [4.78, 5) is 18.9. The lowest BCUT2D eigenvalue weighted by molar-refractivity contribution is -0.121. The Labute approximate surface area is 120 Å². The van der Waals surface area contributed by atoms with Gasteiger partial charge >= 0.3 is 0 Å². The number of carbonyl (C=O) groups is 1. The molecular weight excluding hydrogens is 254 g/mol. The summed E-state index contributed by atoms with van der Waals surface area (Å²) in [6.07, 6.45) is 13.5. The van der Waals surface area contributed by atoms with Gasteiger partial charge in [-0.1, -0.05) is 35.5 Å². The number of oxime groups is 1. The molecule has 0 saturated carbocycles. The van der Waals surface area contributed by atoms with Crippen LogP contribution in [0.4, 0.5) is 0 Å². The summed E-state index contributed by atoms with van der Waals surface area (Å²) in [5.41, 5.74) is 1.97. The molecule has 0 aromatic heterocycles. The molecule has 0 spiro atoms. The molecule has 0 aromatic rings. The second-order valence-corrected chi connectivity index (χ2v) is 4.87. The van der Waals surface area contributed by atoms with Crippen LogP contribution in [-0.4, -0.2) is 37.7 Å². The third-order valence-electron chi connectivity index (χ3n) is 2.83. The van der Waals surface area contributed by atoms with Gasteiger partial charge in [0.25, 0.3) is 0 Å². The van der Waals surface area contributed by atoms with Crippen LogP contribution in [-0.2, 0) is 9.63 Å². The lowest BCUT2D eigenvalue weighted by Crippen LogP contribution is -2.34. The third-order valence-corrected chi connectivity index (χ3v) is 2.83. The van der Waals surface area contributed by atoms with E-state index in [2.05, 4.69) is 22.6 Å². The molecule has 0 bridgehead atoms. The van der Waals surface area contributed by atoms with Crippen molar-refractivity contribution < 1.29 is 11.1 Å². The molecule has 2 rings (SSSR count). The topological polar surface area (TPSA) is 53.9 Å². The van der Waals surface area contributed by atoms with Crippen molar-refractivity contribution in [2.75, 3.05) is 20.6 Å². The molecule has 1 N–H and O–H groups in total. The minimum atomic E-state index is -0.117. The molecule has 5 heteroatoms. The Hall–Kier alpha value is -2.14. The van der Waals surface area contributed by atoms with Crippen LogP contribution in [0, 0.1) is 0 Å². The van der Waals surface area contributed by atoms with Gasteiger partial charge < -0.3 is 9.74 Å². The highest BCUT2D eigenvalue weighted by Gasteiger charge is 2.17. The molecule has 0 radical (unpaired) electrons. The Balaban J connectivity index is 0.00000220. The molecule has 5 nitrogen and oxygen atoms in total. The van der Waals surface area contributed by atoms with Crippen LogP contribution >= 0.6 is 0 Å². The first kappa shape index (κ1) is 14.3. The molecule has 20 heavy (non-hydrogen) atoms. The molecule has 0 unspecified atom stereocenters. The zero-order valence-electron chi connectivity index (χ0n) is 11.8. The van der Waals surface area contributed by atoms with Gasteiger partial charge in [0.1, 0.15) is 0 Å². The minimum absolute atomic E-state index is 0. The molecule has 2 aliphatic rings. The van der Waals surface area contributed by atoms with E-state index in [1.807, 2.05) is 32.3 Å². The van der Waals surface area contributed by atoms with E-state index < -0.39 is 0 Å². The molecule has 1 aliphatic carbocycles. The van der Waals surface area contributed by atoms with Gasteiger partial charge in [0.05, 0.1) is 6.54 Å². The predicted molar refractivity (Wildman–Crippen MR) is 81.0 cm³/mol. The van der Waals surface area contributed by atoms with Gasteiger partial charge in [-0.3, -0.25) is 10.1 Å². The van der Waals surface area contributed by atoms with Crippen LogP contribution in [0.25, 0.3) is 0 Å². The van der Waals surface area contributed by atoms with Gasteiger partial charge in [-0.2, -0.15) is 0 Å². The van der Waals surface area contributed by atoms with E-state index in [4.69, 9.17) is 4.84 Å². The summed E-state index contributed by atoms with van der Waals surface area (Å²) in [6, 6.07) is 0. The Morgan fingerprint density at radius 3 is 3.15 bits per heavy atom. The van der Waals surface area contributed by atoms with E-state index >= 15 is 0 Å². The number of likely N-dealkylation sites (N-methyl/N-ethyl adjacent to an activating group) is 1. The summed E-state index contributed by atoms with van der Waals surface area (Å²) in [5.74, 6) is 0.305. The Morgan fingerprint density at radius 2 is 2.35 bits per heavy atom. The van der Waals surface area contributed by atoms with E-state index in [0.29, 0.717) is 18.8 Å². The van der Waals surface area contributed by atoms with E-state index in [1.54, 1.807) is 11.1 Å². The number of rotatable bonds is 4. The van der Waals surface area contributed by atoms with E-state index in [-0.39, 0.29) is 7.33 Å². The van der Waals surface area contributed by atoms with Gasteiger partial charge in [0.15, 0.2) is 0 Å². The SMILES string of the molecule is CN(C)CC(=O)NC1=C(C2=CC=CCC=C2)CC=NO1.[HH]. The molecule has 1 heterocycles. The predicted octanol–water partition coefficient (Wildman–Crippen LogP) is 1.97. The van der Waals surface area contributed by atoms with Crippen molar-refractivity contribution in [3.05, 3.63) is 47.4 Å². The highest BCUT2D eigenvalue weighted by Crippen LogP contribution is 2.23. The van der Waals surface area contributed by atoms with Crippen molar-refractivity contribution in [2.45, 2.75) is 12.8 Å². The van der Waals surface area contributed by atoms with Crippen LogP contribution in [0.2, 0.25) is 0 Å². The monoisotopic (exact) mass is 275 g/mol. The maximum atomic E-state index is 11.8. The van der Waals surface area contributed by atoms with Crippen LogP contribution in [0.1, 0.15) is 14.3 Å². The molecule has 108 valence electrons. The molecule has 0 aromatic carbocycles. The number of amides is 1. The number of nitrogens with one attached hydrogen (secondary N) is 1. The normalized spacial score (nSPS) is 17.9. The van der Waals surface area contributed by atoms with Gasteiger partial charge in [-0.15, -0.1) is 0 Å². The second-order valence-electron chi connectivity index (χ2n) is 4.87. The number of carbonyl (C=O) groups excluding carboxylic acids is 1. The average Bonchev–Trinajstić information content (AvgIpc) is 2.67. The fraction of sp³-hybridized carbons (Fsp3) is 0.333. The fourth-order valence-corrected chi connectivity index (χ4v) is 1.95. The summed E-state index contributed by atoms with van der Waals surface area (Å²) in [6.45, 7) is 0.304. The average molecular weight is 275 g/mol. The smallest absolute Gasteiger partial charge is 0.240 e. The standard InChI is InChI=1S/C15H19N3O2.H2/c1-18(2)11-14(19)17-15-13(9-10-16-20-15)12-7-5-3-4-6-8-12;/h3,5-8,10H,4,9,11H2,1-2H3,(H,17,19);1H. The third kappa shape index (κ3) is 3.93. The molecule has 1 amide bonds. The Kier molecular flexibility index (Phi) is 4.90. The van der Waals surface area contributed by atoms with Crippen molar-refractivity contribution in [3.63, 3.8) is 0 Å². The second kappa shape index (κ2) is 6.86. The van der Waals surface area contributed by atoms with Crippen LogP contribution in [0.15, 0.2) is 52.6 Å². The first-order chi connectivity index (χ1) is 9.66. The van der Waals surface area contributed by atoms with Gasteiger partial charge in [-0.05, 0) is 26.1 Å². The summed E-state index contributed by atoms with van der Waals surface area (Å²) in [7, 11) is 3.69. The van der Waals surface area contributed by atoms with Gasteiger partial charge in [0, 0.05) is 19.6 Å². The fourth-order valence-electron chi connectivity index (χ4n) is 1.95. The van der Waals surface area contributed by atoms with Gasteiger partial charge in [-0.25, -0.2) is 0 Å². The molecular formula is C15H21N3O2. The maximum absolute atomic E-state index is 11.8. The van der Waals surface area contributed by atoms with Crippen molar-refractivity contribution in [1.82, 2.24) is 10.2 Å². The number of hydrogen-bond donors (Lipinski definition) is 1. The largest absolute Gasteiger partial charge is 0.339 e. The maximum Gasteiger partial charge on any atom is 0.240 e. The van der Waals surface area contributed by atoms with Crippen LogP contribution in [0.3, 0.4) is 0 Å². The quantitative estimate of drug-likeness (QED) is 0.853. The first-order valence-electron chi connectivity index (χ1n) is 6.57. The van der Waals surface area contributed by atoms with E-state index in [0.717, 1.165) is 17.6 Å². The Morgan fingerprint density at radius 1 is 1.50 bits per heavy atom. The number of nitrogens with zero attached hydrogens (tertiary/aromatic N) is 2. The molecule has 0 atom stereocenters. The Bertz CT molecular complexity index is 531. The highest BCUT2D eigenvalue weighted by molar-refractivity contribution is 5.80. The number of hydrogen-bond acceptors (Lipinski definition) is 4. The van der Waals surface area contributed by atoms with Crippen LogP contribution < -0.4 is 5.32 Å². The van der Waals surface area contributed by atoms with Crippen molar-refractivity contribution in [1.29, 1.82) is 0 Å². The van der Waals surface area contributed by atoms with Crippen molar-refractivity contribution in [2.24, 2.45) is 5.16 Å². The lowest BCUT2D eigenvalue weighted by atomic mass is 10.0. The minimum Gasteiger partial charge on any atom is -0.339 e. The van der Waals surface area contributed by atoms with Crippen LogP contribution in [0.5, 0.6) is 0 Å². The van der Waals surface area contributed by atoms with E-state index in [9.17, 15) is 4.79 Å². The summed E-state index contributed by atoms with van der Waals surface area (Å²) in [5, 5.41) is 6.56. The highest BCUT2D eigenvalue weighted by atomic mass is 16.6. The molecule has 0 saturated heterocycles. The summed E-state index contributed by atoms with van der Waals surface area (Å²) < 4.78 is 0. The van der Waals surface area contributed by atoms with E-state index in [1.165, 1.54) is 0 Å². The zero-order chi connectivity index (χ0) is 14.4. The lowest BCUT2D eigenvalue weighted by Gasteiger charge is -2.17. The zero-order valence-corrected chi connectivity index (χ0v) is 11.8. The number of allylic oxidation sites excluding steroid dienone is 7. The van der Waals surface area contributed by atoms with Crippen molar-refractivity contribution in [3.8, 4) is 0 Å². The molecule has 1 aliphatic heterocycles. The molecule has 0 fully saturated rings.